The molecule has 0 N–H and O–H groups in total. The Labute approximate surface area is 106 Å². The molecule has 0 spiro atoms. The van der Waals surface area contributed by atoms with Gasteiger partial charge in [0.25, 0.3) is 5.69 Å². The standard InChI is InChI=1S/C15H14NO2/c1-12(11-13-5-3-2-4-6-13)14-7-9-15(10-8-14)16(17)18/h2-10H,11H2,1H3. The zero-order chi connectivity index (χ0) is 13.0. The lowest BCUT2D eigenvalue weighted by atomic mass is 9.94. The fraction of sp³-hybridized carbons (Fsp3) is 0.133. The van der Waals surface area contributed by atoms with E-state index in [1.54, 1.807) is 24.3 Å². The first kappa shape index (κ1) is 12.3. The van der Waals surface area contributed by atoms with E-state index in [1.165, 1.54) is 11.5 Å². The van der Waals surface area contributed by atoms with Gasteiger partial charge in [-0.3, -0.25) is 10.1 Å². The number of hydrogen-bond donors (Lipinski definition) is 0. The maximum atomic E-state index is 10.6. The maximum Gasteiger partial charge on any atom is 0.269 e. The van der Waals surface area contributed by atoms with Crippen molar-refractivity contribution in [1.82, 2.24) is 0 Å². The summed E-state index contributed by atoms with van der Waals surface area (Å²) in [4.78, 5) is 10.2. The average Bonchev–Trinajstić information content (AvgIpc) is 2.40. The van der Waals surface area contributed by atoms with Crippen LogP contribution in [0.5, 0.6) is 0 Å². The van der Waals surface area contributed by atoms with Crippen molar-refractivity contribution in [2.45, 2.75) is 13.3 Å². The Morgan fingerprint density at radius 1 is 1.06 bits per heavy atom. The Kier molecular flexibility index (Phi) is 3.72. The lowest BCUT2D eigenvalue weighted by Crippen LogP contribution is -1.99. The molecule has 1 radical (unpaired) electrons. The smallest absolute Gasteiger partial charge is 0.258 e. The van der Waals surface area contributed by atoms with E-state index in [0.29, 0.717) is 0 Å². The van der Waals surface area contributed by atoms with E-state index < -0.39 is 0 Å². The van der Waals surface area contributed by atoms with Gasteiger partial charge in [0.15, 0.2) is 0 Å². The number of non-ortho nitro benzene ring substituents is 1. The molecule has 0 aliphatic rings. The predicted octanol–water partition coefficient (Wildman–Crippen LogP) is 3.78. The molecular formula is C15H14NO2. The first-order valence-electron chi connectivity index (χ1n) is 5.78. The summed E-state index contributed by atoms with van der Waals surface area (Å²) in [6.45, 7) is 2.05. The van der Waals surface area contributed by atoms with Crippen LogP contribution >= 0.6 is 0 Å². The molecule has 0 atom stereocenters. The van der Waals surface area contributed by atoms with Crippen LogP contribution in [0.15, 0.2) is 54.6 Å². The van der Waals surface area contributed by atoms with Crippen LogP contribution in [0.3, 0.4) is 0 Å². The van der Waals surface area contributed by atoms with Crippen LogP contribution in [-0.4, -0.2) is 4.92 Å². The minimum atomic E-state index is -0.379. The highest BCUT2D eigenvalue weighted by Gasteiger charge is 2.10. The topological polar surface area (TPSA) is 43.1 Å². The summed E-state index contributed by atoms with van der Waals surface area (Å²) in [6.07, 6.45) is 0.860. The zero-order valence-electron chi connectivity index (χ0n) is 10.2. The average molecular weight is 240 g/mol. The third-order valence-electron chi connectivity index (χ3n) is 2.88. The van der Waals surface area contributed by atoms with Crippen molar-refractivity contribution in [2.24, 2.45) is 0 Å². The van der Waals surface area contributed by atoms with Crippen LogP contribution in [0.1, 0.15) is 18.1 Å². The molecule has 0 bridgehead atoms. The van der Waals surface area contributed by atoms with E-state index in [9.17, 15) is 10.1 Å². The van der Waals surface area contributed by atoms with Crippen LogP contribution in [0.2, 0.25) is 0 Å². The van der Waals surface area contributed by atoms with Gasteiger partial charge in [-0.15, -0.1) is 0 Å². The number of hydrogen-bond acceptors (Lipinski definition) is 2. The Morgan fingerprint density at radius 3 is 2.22 bits per heavy atom. The van der Waals surface area contributed by atoms with Crippen LogP contribution < -0.4 is 0 Å². The zero-order valence-corrected chi connectivity index (χ0v) is 10.2. The predicted molar refractivity (Wildman–Crippen MR) is 71.3 cm³/mol. The van der Waals surface area contributed by atoms with E-state index in [4.69, 9.17) is 0 Å². The van der Waals surface area contributed by atoms with Gasteiger partial charge in [0, 0.05) is 18.1 Å². The van der Waals surface area contributed by atoms with Gasteiger partial charge in [-0.25, -0.2) is 0 Å². The molecule has 18 heavy (non-hydrogen) atoms. The van der Waals surface area contributed by atoms with Crippen molar-refractivity contribution in [3.63, 3.8) is 0 Å². The van der Waals surface area contributed by atoms with Crippen LogP contribution in [0.4, 0.5) is 5.69 Å². The first-order chi connectivity index (χ1) is 8.66. The summed E-state index contributed by atoms with van der Waals surface area (Å²) in [5, 5.41) is 10.6. The van der Waals surface area contributed by atoms with Crippen molar-refractivity contribution >= 4 is 5.69 Å². The fourth-order valence-electron chi connectivity index (χ4n) is 1.87. The Morgan fingerprint density at radius 2 is 1.67 bits per heavy atom. The van der Waals surface area contributed by atoms with Gasteiger partial charge in [-0.05, 0) is 17.5 Å². The quantitative estimate of drug-likeness (QED) is 0.603. The molecule has 2 aromatic rings. The molecule has 0 saturated heterocycles. The SMILES string of the molecule is C[C](Cc1ccccc1)c1ccc([N+](=O)[O-])cc1. The Balaban J connectivity index is 2.09. The number of nitro benzene ring substituents is 1. The monoisotopic (exact) mass is 240 g/mol. The normalized spacial score (nSPS) is 10.6. The van der Waals surface area contributed by atoms with Crippen LogP contribution in [0.25, 0.3) is 0 Å². The maximum absolute atomic E-state index is 10.6. The van der Waals surface area contributed by atoms with E-state index >= 15 is 0 Å². The number of rotatable bonds is 4. The molecule has 0 amide bonds. The largest absolute Gasteiger partial charge is 0.269 e. The molecule has 0 saturated carbocycles. The van der Waals surface area contributed by atoms with Gasteiger partial charge < -0.3 is 0 Å². The van der Waals surface area contributed by atoms with Crippen LogP contribution in [0, 0.1) is 16.0 Å². The van der Waals surface area contributed by atoms with E-state index in [0.717, 1.165) is 12.0 Å². The van der Waals surface area contributed by atoms with Gasteiger partial charge >= 0.3 is 0 Å². The lowest BCUT2D eigenvalue weighted by molar-refractivity contribution is -0.384. The number of nitrogens with zero attached hydrogens (tertiary/aromatic N) is 1. The highest BCUT2D eigenvalue weighted by atomic mass is 16.6. The van der Waals surface area contributed by atoms with Crippen LogP contribution in [-0.2, 0) is 6.42 Å². The van der Waals surface area contributed by atoms with Gasteiger partial charge in [0.1, 0.15) is 0 Å². The van der Waals surface area contributed by atoms with Crippen molar-refractivity contribution in [2.75, 3.05) is 0 Å². The van der Waals surface area contributed by atoms with Gasteiger partial charge in [-0.2, -0.15) is 0 Å². The molecule has 0 unspecified atom stereocenters. The molecule has 0 aromatic heterocycles. The fourth-order valence-corrected chi connectivity index (χ4v) is 1.87. The van der Waals surface area contributed by atoms with Gasteiger partial charge in [0.2, 0.25) is 0 Å². The second-order valence-corrected chi connectivity index (χ2v) is 4.25. The number of nitro groups is 1. The molecule has 3 nitrogen and oxygen atoms in total. The number of benzene rings is 2. The molecular weight excluding hydrogens is 226 g/mol. The molecule has 2 rings (SSSR count). The summed E-state index contributed by atoms with van der Waals surface area (Å²) >= 11 is 0. The minimum Gasteiger partial charge on any atom is -0.258 e. The lowest BCUT2D eigenvalue weighted by Gasteiger charge is -2.10. The van der Waals surface area contributed by atoms with Crippen molar-refractivity contribution in [3.8, 4) is 0 Å². The highest BCUT2D eigenvalue weighted by molar-refractivity contribution is 5.40. The summed E-state index contributed by atoms with van der Waals surface area (Å²) in [5.41, 5.74) is 2.42. The summed E-state index contributed by atoms with van der Waals surface area (Å²) in [6, 6.07) is 16.9. The Hall–Kier alpha value is -2.16. The van der Waals surface area contributed by atoms with Gasteiger partial charge in [0.05, 0.1) is 4.92 Å². The van der Waals surface area contributed by atoms with E-state index in [-0.39, 0.29) is 10.6 Å². The highest BCUT2D eigenvalue weighted by Crippen LogP contribution is 2.21. The minimum absolute atomic E-state index is 0.131. The summed E-state index contributed by atoms with van der Waals surface area (Å²) in [7, 11) is 0. The van der Waals surface area contributed by atoms with E-state index in [2.05, 4.69) is 12.1 Å². The second kappa shape index (κ2) is 5.45. The second-order valence-electron chi connectivity index (χ2n) is 4.25. The summed E-state index contributed by atoms with van der Waals surface area (Å²) in [5.74, 6) is 1.20. The molecule has 3 heteroatoms. The third kappa shape index (κ3) is 2.94. The first-order valence-corrected chi connectivity index (χ1v) is 5.78. The van der Waals surface area contributed by atoms with Crippen molar-refractivity contribution < 1.29 is 4.92 Å². The van der Waals surface area contributed by atoms with E-state index in [1.807, 2.05) is 25.1 Å². The van der Waals surface area contributed by atoms with Crippen molar-refractivity contribution in [3.05, 3.63) is 81.8 Å². The molecule has 0 fully saturated rings. The van der Waals surface area contributed by atoms with Crippen molar-refractivity contribution in [1.29, 1.82) is 0 Å². The molecule has 0 aliphatic carbocycles. The molecule has 91 valence electrons. The third-order valence-corrected chi connectivity index (χ3v) is 2.88. The molecule has 0 aliphatic heterocycles. The molecule has 0 heterocycles. The van der Waals surface area contributed by atoms with Gasteiger partial charge in [-0.1, -0.05) is 49.4 Å². The molecule has 2 aromatic carbocycles. The Bertz CT molecular complexity index is 520. The summed E-state index contributed by atoms with van der Waals surface area (Å²) < 4.78 is 0.